The van der Waals surface area contributed by atoms with Gasteiger partial charge in [-0.25, -0.2) is 0 Å². The van der Waals surface area contributed by atoms with E-state index in [-0.39, 0.29) is 4.83 Å². The first kappa shape index (κ1) is 16.6. The molecule has 21 heavy (non-hydrogen) atoms. The number of benzene rings is 2. The van der Waals surface area contributed by atoms with Crippen LogP contribution in [0.3, 0.4) is 0 Å². The largest absolute Gasteiger partial charge is 0.416 e. The van der Waals surface area contributed by atoms with Crippen LogP contribution in [0.15, 0.2) is 40.9 Å². The van der Waals surface area contributed by atoms with E-state index >= 15 is 0 Å². The van der Waals surface area contributed by atoms with Crippen LogP contribution in [0.4, 0.5) is 13.2 Å². The highest BCUT2D eigenvalue weighted by Gasteiger charge is 2.31. The molecule has 2 rings (SSSR count). The summed E-state index contributed by atoms with van der Waals surface area (Å²) in [5.74, 6) is 0. The smallest absolute Gasteiger partial charge is 0.166 e. The summed E-state index contributed by atoms with van der Waals surface area (Å²) in [7, 11) is 0. The third kappa shape index (κ3) is 3.69. The lowest BCUT2D eigenvalue weighted by molar-refractivity contribution is -0.137. The molecular formula is C16H13Br2F3. The zero-order valence-electron chi connectivity index (χ0n) is 11.4. The van der Waals surface area contributed by atoms with Crippen molar-refractivity contribution in [2.45, 2.75) is 24.9 Å². The summed E-state index contributed by atoms with van der Waals surface area (Å²) in [6.45, 7) is 3.91. The number of aryl methyl sites for hydroxylation is 2. The van der Waals surface area contributed by atoms with Crippen LogP contribution in [0, 0.1) is 13.8 Å². The van der Waals surface area contributed by atoms with Gasteiger partial charge in [0.15, 0.2) is 0 Å². The topological polar surface area (TPSA) is 0 Å². The Balaban J connectivity index is 2.52. The zero-order chi connectivity index (χ0) is 15.8. The molecule has 0 N–H and O–H groups in total. The predicted octanol–water partition coefficient (Wildman–Crippen LogP) is 6.57. The van der Waals surface area contributed by atoms with Crippen LogP contribution in [0.2, 0.25) is 0 Å². The summed E-state index contributed by atoms with van der Waals surface area (Å²) >= 11 is 6.87. The molecule has 0 aliphatic carbocycles. The van der Waals surface area contributed by atoms with Crippen LogP contribution in [0.25, 0.3) is 0 Å². The van der Waals surface area contributed by atoms with Crippen molar-refractivity contribution in [3.63, 3.8) is 0 Å². The number of hydrogen-bond donors (Lipinski definition) is 0. The summed E-state index contributed by atoms with van der Waals surface area (Å²) in [6.07, 6.45) is -4.34. The molecule has 2 aromatic carbocycles. The fraction of sp³-hybridized carbons (Fsp3) is 0.250. The fourth-order valence-electron chi connectivity index (χ4n) is 2.11. The number of rotatable bonds is 2. The van der Waals surface area contributed by atoms with Gasteiger partial charge in [0.25, 0.3) is 0 Å². The van der Waals surface area contributed by atoms with E-state index in [1.165, 1.54) is 12.1 Å². The van der Waals surface area contributed by atoms with Gasteiger partial charge in [-0.05, 0) is 48.7 Å². The average molecular weight is 422 g/mol. The molecule has 0 radical (unpaired) electrons. The highest BCUT2D eigenvalue weighted by atomic mass is 79.9. The van der Waals surface area contributed by atoms with Crippen molar-refractivity contribution < 1.29 is 13.2 Å². The molecule has 0 heterocycles. The maximum atomic E-state index is 12.9. The minimum absolute atomic E-state index is 0.297. The lowest BCUT2D eigenvalue weighted by atomic mass is 9.97. The molecule has 0 fully saturated rings. The normalized spacial score (nSPS) is 13.3. The van der Waals surface area contributed by atoms with Crippen LogP contribution in [0.5, 0.6) is 0 Å². The van der Waals surface area contributed by atoms with Crippen molar-refractivity contribution in [1.82, 2.24) is 0 Å². The van der Waals surface area contributed by atoms with Crippen LogP contribution in [-0.2, 0) is 6.18 Å². The first-order valence-corrected chi connectivity index (χ1v) is 7.99. The van der Waals surface area contributed by atoms with Gasteiger partial charge in [0.05, 0.1) is 10.4 Å². The highest BCUT2D eigenvalue weighted by Crippen LogP contribution is 2.40. The van der Waals surface area contributed by atoms with Crippen molar-refractivity contribution >= 4 is 31.9 Å². The summed E-state index contributed by atoms with van der Waals surface area (Å²) in [6, 6.07) is 9.65. The van der Waals surface area contributed by atoms with E-state index in [0.29, 0.717) is 10.0 Å². The lowest BCUT2D eigenvalue weighted by Gasteiger charge is -2.18. The number of halogens is 5. The molecule has 0 amide bonds. The Kier molecular flexibility index (Phi) is 4.83. The molecule has 2 aromatic rings. The zero-order valence-corrected chi connectivity index (χ0v) is 14.6. The maximum absolute atomic E-state index is 12.9. The molecule has 0 aliphatic heterocycles. The predicted molar refractivity (Wildman–Crippen MR) is 85.8 cm³/mol. The van der Waals surface area contributed by atoms with E-state index in [1.807, 2.05) is 32.0 Å². The van der Waals surface area contributed by atoms with Crippen molar-refractivity contribution in [3.8, 4) is 0 Å². The second-order valence-corrected chi connectivity index (χ2v) is 6.73. The molecule has 0 nitrogen and oxygen atoms in total. The molecular weight excluding hydrogens is 409 g/mol. The lowest BCUT2D eigenvalue weighted by Crippen LogP contribution is -2.07. The second-order valence-electron chi connectivity index (χ2n) is 4.96. The van der Waals surface area contributed by atoms with E-state index in [9.17, 15) is 13.2 Å². The summed E-state index contributed by atoms with van der Waals surface area (Å²) in [5.41, 5.74) is 3.00. The third-order valence-corrected chi connectivity index (χ3v) is 5.01. The van der Waals surface area contributed by atoms with E-state index in [4.69, 9.17) is 0 Å². The van der Waals surface area contributed by atoms with Crippen molar-refractivity contribution in [2.75, 3.05) is 0 Å². The molecule has 0 bridgehead atoms. The van der Waals surface area contributed by atoms with Crippen molar-refractivity contribution in [1.29, 1.82) is 0 Å². The van der Waals surface area contributed by atoms with Crippen LogP contribution in [-0.4, -0.2) is 0 Å². The van der Waals surface area contributed by atoms with Crippen LogP contribution >= 0.6 is 31.9 Å². The van der Waals surface area contributed by atoms with E-state index < -0.39 is 11.7 Å². The molecule has 0 saturated carbocycles. The number of hydrogen-bond acceptors (Lipinski definition) is 0. The van der Waals surface area contributed by atoms with E-state index in [1.54, 1.807) is 0 Å². The molecule has 0 spiro atoms. The monoisotopic (exact) mass is 420 g/mol. The second kappa shape index (κ2) is 6.13. The van der Waals surface area contributed by atoms with Gasteiger partial charge in [-0.15, -0.1) is 0 Å². The van der Waals surface area contributed by atoms with Gasteiger partial charge in [0, 0.05) is 4.47 Å². The van der Waals surface area contributed by atoms with Gasteiger partial charge in [0.1, 0.15) is 0 Å². The van der Waals surface area contributed by atoms with Crippen LogP contribution < -0.4 is 0 Å². The standard InChI is InChI=1S/C16H13Br2F3/c1-9-3-4-10(2)12(7-9)15(18)13-8-11(16(19,20)21)5-6-14(13)17/h3-8,15H,1-2H3. The Labute approximate surface area is 138 Å². The summed E-state index contributed by atoms with van der Waals surface area (Å²) < 4.78 is 39.3. The van der Waals surface area contributed by atoms with Crippen molar-refractivity contribution in [3.05, 3.63) is 68.7 Å². The molecule has 1 unspecified atom stereocenters. The summed E-state index contributed by atoms with van der Waals surface area (Å²) in [5, 5.41) is 0. The van der Waals surface area contributed by atoms with E-state index in [0.717, 1.165) is 22.8 Å². The Morgan fingerprint density at radius 2 is 1.62 bits per heavy atom. The van der Waals surface area contributed by atoms with Gasteiger partial charge in [-0.1, -0.05) is 55.6 Å². The Hall–Kier alpha value is -0.810. The quantitative estimate of drug-likeness (QED) is 0.481. The van der Waals surface area contributed by atoms with Gasteiger partial charge < -0.3 is 0 Å². The fourth-order valence-corrected chi connectivity index (χ4v) is 3.77. The Bertz CT molecular complexity index is 663. The minimum atomic E-state index is -4.34. The molecule has 112 valence electrons. The molecule has 1 atom stereocenters. The average Bonchev–Trinajstić information content (AvgIpc) is 2.40. The van der Waals surface area contributed by atoms with Crippen LogP contribution in [0.1, 0.15) is 32.6 Å². The van der Waals surface area contributed by atoms with Gasteiger partial charge >= 0.3 is 6.18 Å². The molecule has 0 aromatic heterocycles. The third-order valence-electron chi connectivity index (χ3n) is 3.30. The SMILES string of the molecule is Cc1ccc(C)c(C(Br)c2cc(C(F)(F)F)ccc2Br)c1. The van der Waals surface area contributed by atoms with Gasteiger partial charge in [0.2, 0.25) is 0 Å². The minimum Gasteiger partial charge on any atom is -0.166 e. The first-order valence-electron chi connectivity index (χ1n) is 6.28. The molecule has 0 saturated heterocycles. The first-order chi connectivity index (χ1) is 9.70. The van der Waals surface area contributed by atoms with E-state index in [2.05, 4.69) is 31.9 Å². The molecule has 5 heteroatoms. The Morgan fingerprint density at radius 1 is 0.952 bits per heavy atom. The maximum Gasteiger partial charge on any atom is 0.416 e. The molecule has 0 aliphatic rings. The Morgan fingerprint density at radius 3 is 2.24 bits per heavy atom. The highest BCUT2D eigenvalue weighted by molar-refractivity contribution is 9.11. The summed E-state index contributed by atoms with van der Waals surface area (Å²) in [4.78, 5) is -0.297. The van der Waals surface area contributed by atoms with Gasteiger partial charge in [-0.2, -0.15) is 13.2 Å². The number of alkyl halides is 4. The van der Waals surface area contributed by atoms with Gasteiger partial charge in [-0.3, -0.25) is 0 Å². The van der Waals surface area contributed by atoms with Crippen molar-refractivity contribution in [2.24, 2.45) is 0 Å².